The number of carboxylic acids is 1. The highest BCUT2D eigenvalue weighted by Gasteiger charge is 2.28. The number of carbonyl (C=O) groups is 4. The van der Waals surface area contributed by atoms with Gasteiger partial charge in [0.15, 0.2) is 17.1 Å². The van der Waals surface area contributed by atoms with Crippen molar-refractivity contribution in [1.29, 1.82) is 0 Å². The van der Waals surface area contributed by atoms with Gasteiger partial charge in [-0.1, -0.05) is 47.5 Å². The summed E-state index contributed by atoms with van der Waals surface area (Å²) in [6, 6.07) is 25.1. The van der Waals surface area contributed by atoms with Crippen molar-refractivity contribution in [2.75, 3.05) is 5.73 Å². The first-order valence-corrected chi connectivity index (χ1v) is 23.4. The van der Waals surface area contributed by atoms with E-state index < -0.39 is 64.7 Å². The first kappa shape index (κ1) is 56.5. The minimum Gasteiger partial charge on any atom is -0.478 e. The first-order valence-electron chi connectivity index (χ1n) is 22.6. The lowest BCUT2D eigenvalue weighted by atomic mass is 10.0. The Morgan fingerprint density at radius 3 is 1.51 bits per heavy atom. The third-order valence-corrected chi connectivity index (χ3v) is 11.9. The van der Waals surface area contributed by atoms with E-state index in [-0.39, 0.29) is 30.6 Å². The highest BCUT2D eigenvalue weighted by Crippen LogP contribution is 2.31. The summed E-state index contributed by atoms with van der Waals surface area (Å²) >= 11 is 12.2. The maximum atomic E-state index is 13.8. The lowest BCUT2D eigenvalue weighted by molar-refractivity contribution is -0.131. The molecule has 8 rings (SSSR count). The van der Waals surface area contributed by atoms with Crippen LogP contribution in [0.4, 0.5) is 32.2 Å². The van der Waals surface area contributed by atoms with Crippen molar-refractivity contribution in [2.24, 2.45) is 14.1 Å². The number of nitrogen functional groups attached to an aromatic ring is 1. The maximum Gasteiger partial charge on any atom is 0.337 e. The van der Waals surface area contributed by atoms with E-state index in [0.717, 1.165) is 95.5 Å². The number of hydrogen-bond acceptors (Lipinski definition) is 9. The molecule has 6 aromatic heterocycles. The molecule has 2 aromatic carbocycles. The Kier molecular flexibility index (Phi) is 17.7. The van der Waals surface area contributed by atoms with Crippen LogP contribution < -0.4 is 16.4 Å². The van der Waals surface area contributed by atoms with E-state index in [1.54, 1.807) is 24.5 Å². The van der Waals surface area contributed by atoms with Crippen LogP contribution in [-0.4, -0.2) is 69.1 Å². The second-order valence-electron chi connectivity index (χ2n) is 18.0. The van der Waals surface area contributed by atoms with Gasteiger partial charge in [-0.05, 0) is 111 Å². The maximum absolute atomic E-state index is 13.8. The zero-order chi connectivity index (χ0) is 55.1. The number of carbonyl (C=O) groups excluding carboxylic acids is 3. The number of nitrogens with one attached hydrogen (secondary N) is 2. The lowest BCUT2D eigenvalue weighted by Crippen LogP contribution is -2.38. The molecule has 392 valence electrons. The Morgan fingerprint density at radius 2 is 1.07 bits per heavy atom. The molecule has 22 heteroatoms. The molecule has 0 unspecified atom stereocenters. The molecule has 14 nitrogen and oxygen atoms in total. The van der Waals surface area contributed by atoms with E-state index in [1.807, 2.05) is 73.3 Å². The van der Waals surface area contributed by atoms with Crippen LogP contribution in [0.5, 0.6) is 0 Å². The summed E-state index contributed by atoms with van der Waals surface area (Å²) in [7, 11) is 3.90. The zero-order valence-corrected chi connectivity index (χ0v) is 42.5. The fourth-order valence-electron chi connectivity index (χ4n) is 7.49. The SMILES string of the molecule is CC(C)(F)C(=O)NCc1cnc(C(F)F)c(C(=O)O)c1.Cn1c(-c2cccc(Cl)c2)cc2cc(CC(=O)c3cc(CNC(=O)C(C)(C)F)cnc3C(F)F)ncc21.Cn1c(-c2cccc(Cl)c2)cc2cc(N)ncc21. The number of ketones is 1. The summed E-state index contributed by atoms with van der Waals surface area (Å²) in [5, 5.41) is 16.7. The highest BCUT2D eigenvalue weighted by molar-refractivity contribution is 6.31. The van der Waals surface area contributed by atoms with Gasteiger partial charge in [0.1, 0.15) is 17.2 Å². The van der Waals surface area contributed by atoms with Crippen molar-refractivity contribution in [3.8, 4) is 22.5 Å². The summed E-state index contributed by atoms with van der Waals surface area (Å²) in [5.74, 6) is -3.37. The third kappa shape index (κ3) is 14.3. The van der Waals surface area contributed by atoms with Gasteiger partial charge in [0, 0.05) is 83.0 Å². The summed E-state index contributed by atoms with van der Waals surface area (Å²) in [6.45, 7) is 3.95. The van der Waals surface area contributed by atoms with Gasteiger partial charge in [-0.25, -0.2) is 36.1 Å². The second-order valence-corrected chi connectivity index (χ2v) is 18.8. The molecule has 0 atom stereocenters. The van der Waals surface area contributed by atoms with Crippen molar-refractivity contribution in [2.45, 2.75) is 71.4 Å². The largest absolute Gasteiger partial charge is 0.478 e. The molecule has 0 radical (unpaired) electrons. The number of fused-ring (bicyclic) bond motifs is 2. The Bertz CT molecular complexity index is 3430. The van der Waals surface area contributed by atoms with Gasteiger partial charge >= 0.3 is 5.97 Å². The highest BCUT2D eigenvalue weighted by atomic mass is 35.5. The number of aromatic carboxylic acids is 1. The third-order valence-electron chi connectivity index (χ3n) is 11.4. The number of aryl methyl sites for hydroxylation is 2. The van der Waals surface area contributed by atoms with E-state index >= 15 is 0 Å². The lowest BCUT2D eigenvalue weighted by Gasteiger charge is -2.15. The van der Waals surface area contributed by atoms with Crippen molar-refractivity contribution in [3.05, 3.63) is 159 Å². The van der Waals surface area contributed by atoms with Crippen molar-refractivity contribution < 1.29 is 50.6 Å². The Balaban J connectivity index is 0.000000202. The Morgan fingerprint density at radius 1 is 0.627 bits per heavy atom. The number of Topliss-reactive ketones (excluding diaryl/α,β-unsaturated/α-hetero) is 1. The van der Waals surface area contributed by atoms with Crippen LogP contribution in [0.15, 0.2) is 110 Å². The smallest absolute Gasteiger partial charge is 0.337 e. The van der Waals surface area contributed by atoms with E-state index in [0.29, 0.717) is 22.1 Å². The van der Waals surface area contributed by atoms with Gasteiger partial charge in [-0.15, -0.1) is 0 Å². The molecule has 0 spiro atoms. The molecule has 0 fully saturated rings. The number of anilines is 1. The predicted octanol–water partition coefficient (Wildman–Crippen LogP) is 11.6. The van der Waals surface area contributed by atoms with Crippen LogP contribution in [0.3, 0.4) is 0 Å². The molecule has 0 bridgehead atoms. The number of pyridine rings is 4. The fourth-order valence-corrected chi connectivity index (χ4v) is 7.87. The van der Waals surface area contributed by atoms with Crippen LogP contribution in [-0.2, 0) is 43.2 Å². The minimum atomic E-state index is -3.02. The van der Waals surface area contributed by atoms with Gasteiger partial charge < -0.3 is 30.6 Å². The standard InChI is InChI=1S/C27H24ClF3N4O2.C14H12ClN3.C12H13F3N2O3/c1-27(2,31)26(37)34-13-15-7-20(24(25(29)30)33-12-15)23(36)11-19-9-17-10-21(35(3)22(17)14-32-19)16-5-4-6-18(28)8-16;1-18-12(9-3-2-4-11(15)5-9)6-10-7-14(16)17-8-13(10)18;1-12(2,15)11(20)17-5-6-3-7(10(18)19)8(9(13)14)16-4-6/h4-10,12,14,25H,11,13H2,1-3H3,(H,34,37);2-8H,1H3,(H2,16,17);3-4,9H,5H2,1-2H3,(H,17,20)(H,18,19). The molecule has 0 aliphatic rings. The topological polar surface area (TPSA) is 200 Å². The van der Waals surface area contributed by atoms with Crippen molar-refractivity contribution in [3.63, 3.8) is 0 Å². The number of carboxylic acid groups (broad SMARTS) is 1. The van der Waals surface area contributed by atoms with E-state index in [9.17, 15) is 45.5 Å². The van der Waals surface area contributed by atoms with Gasteiger partial charge in [0.25, 0.3) is 24.7 Å². The average molecular weight is 1080 g/mol. The van der Waals surface area contributed by atoms with E-state index in [1.165, 1.54) is 6.07 Å². The average Bonchev–Trinajstić information content (AvgIpc) is 3.86. The molecule has 0 saturated heterocycles. The summed E-state index contributed by atoms with van der Waals surface area (Å²) in [5.41, 5.74) is 5.84. The number of nitrogens with two attached hydrogens (primary N) is 1. The molecule has 0 aliphatic carbocycles. The molecular formula is C53H49Cl2F6N9O5. The van der Waals surface area contributed by atoms with E-state index in [4.69, 9.17) is 34.0 Å². The van der Waals surface area contributed by atoms with Crippen LogP contribution in [0, 0.1) is 0 Å². The summed E-state index contributed by atoms with van der Waals surface area (Å²) in [6.07, 6.45) is -0.658. The van der Waals surface area contributed by atoms with E-state index in [2.05, 4.69) is 41.2 Å². The van der Waals surface area contributed by atoms with Crippen molar-refractivity contribution >= 4 is 74.4 Å². The monoisotopic (exact) mass is 1080 g/mol. The van der Waals surface area contributed by atoms with Crippen LogP contribution >= 0.6 is 23.2 Å². The molecule has 5 N–H and O–H groups in total. The molecule has 0 saturated carbocycles. The number of nitrogens with zero attached hydrogens (tertiary/aromatic N) is 6. The van der Waals surface area contributed by atoms with Gasteiger partial charge in [-0.2, -0.15) is 0 Å². The van der Waals surface area contributed by atoms with Gasteiger partial charge in [0.2, 0.25) is 0 Å². The Hall–Kier alpha value is -7.84. The molecular weight excluding hydrogens is 1030 g/mol. The zero-order valence-electron chi connectivity index (χ0n) is 41.0. The number of hydrogen-bond donors (Lipinski definition) is 4. The van der Waals surface area contributed by atoms with Crippen LogP contribution in [0.25, 0.3) is 44.3 Å². The van der Waals surface area contributed by atoms with Crippen molar-refractivity contribution in [1.82, 2.24) is 39.7 Å². The van der Waals surface area contributed by atoms with Gasteiger partial charge in [0.05, 0.1) is 35.4 Å². The fraction of sp³-hybridized carbons (Fsp3) is 0.245. The summed E-state index contributed by atoms with van der Waals surface area (Å²) in [4.78, 5) is 62.6. The number of rotatable bonds is 14. The van der Waals surface area contributed by atoms with Gasteiger partial charge in [-0.3, -0.25) is 29.3 Å². The first-order chi connectivity index (χ1) is 35.2. The predicted molar refractivity (Wildman–Crippen MR) is 274 cm³/mol. The number of alkyl halides is 6. The minimum absolute atomic E-state index is 0.163. The molecule has 2 amide bonds. The molecule has 75 heavy (non-hydrogen) atoms. The quantitative estimate of drug-likeness (QED) is 0.0600. The number of aromatic nitrogens is 6. The van der Waals surface area contributed by atoms with Crippen LogP contribution in [0.2, 0.25) is 10.0 Å². The molecule has 8 aromatic rings. The van der Waals surface area contributed by atoms with Crippen LogP contribution in [0.1, 0.15) is 89.5 Å². The number of amides is 2. The molecule has 6 heterocycles. The molecule has 0 aliphatic heterocycles. The summed E-state index contributed by atoms with van der Waals surface area (Å²) < 4.78 is 83.4. The number of benzene rings is 2. The normalized spacial score (nSPS) is 11.5. The second kappa shape index (κ2) is 23.6. The Labute approximate surface area is 435 Å². The number of halogens is 8.